The first-order chi connectivity index (χ1) is 8.27. The Bertz CT molecular complexity index is 727. The second-order valence-corrected chi connectivity index (χ2v) is 3.77. The Morgan fingerprint density at radius 2 is 2.00 bits per heavy atom. The lowest BCUT2D eigenvalue weighted by Gasteiger charge is -1.95. The van der Waals surface area contributed by atoms with Crippen LogP contribution in [0.1, 0.15) is 0 Å². The molecular formula is C12H10N4O. The van der Waals surface area contributed by atoms with E-state index in [1.54, 1.807) is 11.7 Å². The molecular weight excluding hydrogens is 216 g/mol. The van der Waals surface area contributed by atoms with Crippen molar-refractivity contribution in [3.8, 4) is 11.3 Å². The minimum absolute atomic E-state index is 0.165. The summed E-state index contributed by atoms with van der Waals surface area (Å²) in [4.78, 5) is 18.5. The van der Waals surface area contributed by atoms with Gasteiger partial charge in [-0.1, -0.05) is 30.3 Å². The second-order valence-electron chi connectivity index (χ2n) is 3.77. The van der Waals surface area contributed by atoms with Crippen LogP contribution in [-0.2, 0) is 7.05 Å². The van der Waals surface area contributed by atoms with Crippen molar-refractivity contribution in [3.63, 3.8) is 0 Å². The third-order valence-corrected chi connectivity index (χ3v) is 2.67. The molecule has 0 aliphatic heterocycles. The monoisotopic (exact) mass is 226 g/mol. The molecule has 0 saturated carbocycles. The van der Waals surface area contributed by atoms with Crippen LogP contribution in [0.3, 0.4) is 0 Å². The third kappa shape index (κ3) is 1.44. The van der Waals surface area contributed by atoms with Gasteiger partial charge < -0.3 is 4.98 Å². The molecule has 84 valence electrons. The molecule has 1 aromatic carbocycles. The average molecular weight is 226 g/mol. The lowest BCUT2D eigenvalue weighted by molar-refractivity contribution is 0.788. The number of aromatic nitrogens is 4. The minimum Gasteiger partial charge on any atom is -0.312 e. The Hall–Kier alpha value is -2.43. The van der Waals surface area contributed by atoms with Crippen LogP contribution in [0, 0.1) is 0 Å². The molecule has 0 saturated heterocycles. The second kappa shape index (κ2) is 3.55. The number of aryl methyl sites for hydroxylation is 1. The largest absolute Gasteiger partial charge is 0.312 e. The number of hydrogen-bond donors (Lipinski definition) is 1. The smallest absolute Gasteiger partial charge is 0.262 e. The van der Waals surface area contributed by atoms with Gasteiger partial charge in [-0.2, -0.15) is 5.10 Å². The number of benzene rings is 1. The highest BCUT2D eigenvalue weighted by atomic mass is 16.1. The summed E-state index contributed by atoms with van der Waals surface area (Å²) in [5.41, 5.74) is 2.00. The van der Waals surface area contributed by atoms with Crippen molar-refractivity contribution < 1.29 is 0 Å². The predicted molar refractivity (Wildman–Crippen MR) is 64.6 cm³/mol. The molecule has 3 rings (SSSR count). The van der Waals surface area contributed by atoms with Crippen LogP contribution >= 0.6 is 0 Å². The number of H-pyrrole nitrogens is 1. The van der Waals surface area contributed by atoms with Gasteiger partial charge >= 0.3 is 0 Å². The summed E-state index contributed by atoms with van der Waals surface area (Å²) < 4.78 is 1.62. The zero-order chi connectivity index (χ0) is 11.8. The molecule has 0 atom stereocenters. The summed E-state index contributed by atoms with van der Waals surface area (Å²) in [5, 5.41) is 4.88. The van der Waals surface area contributed by atoms with Gasteiger partial charge in [-0.05, 0) is 0 Å². The zero-order valence-corrected chi connectivity index (χ0v) is 9.21. The van der Waals surface area contributed by atoms with E-state index in [0.717, 1.165) is 5.56 Å². The summed E-state index contributed by atoms with van der Waals surface area (Å²) in [5.74, 6) is 0. The fourth-order valence-electron chi connectivity index (χ4n) is 1.89. The fourth-order valence-corrected chi connectivity index (χ4v) is 1.89. The van der Waals surface area contributed by atoms with Gasteiger partial charge in [0.2, 0.25) is 0 Å². The van der Waals surface area contributed by atoms with Gasteiger partial charge in [0.25, 0.3) is 5.56 Å². The molecule has 3 aromatic rings. The van der Waals surface area contributed by atoms with Crippen LogP contribution < -0.4 is 5.56 Å². The summed E-state index contributed by atoms with van der Waals surface area (Å²) in [6.45, 7) is 0. The maximum atomic E-state index is 11.8. The highest BCUT2D eigenvalue weighted by Crippen LogP contribution is 2.22. The average Bonchev–Trinajstić information content (AvgIpc) is 2.70. The zero-order valence-electron chi connectivity index (χ0n) is 9.21. The highest BCUT2D eigenvalue weighted by molar-refractivity contribution is 5.90. The molecule has 0 aliphatic rings. The fraction of sp³-hybridized carbons (Fsp3) is 0.0833. The Labute approximate surface area is 96.7 Å². The van der Waals surface area contributed by atoms with Crippen molar-refractivity contribution in [3.05, 3.63) is 47.0 Å². The van der Waals surface area contributed by atoms with Crippen LogP contribution in [0.15, 0.2) is 41.5 Å². The Morgan fingerprint density at radius 1 is 1.24 bits per heavy atom. The summed E-state index contributed by atoms with van der Waals surface area (Å²) in [6, 6.07) is 9.61. The molecule has 5 heteroatoms. The number of aromatic amines is 1. The van der Waals surface area contributed by atoms with Crippen LogP contribution in [0.25, 0.3) is 22.3 Å². The first-order valence-corrected chi connectivity index (χ1v) is 5.23. The highest BCUT2D eigenvalue weighted by Gasteiger charge is 2.14. The molecule has 5 nitrogen and oxygen atoms in total. The van der Waals surface area contributed by atoms with E-state index in [1.165, 1.54) is 6.33 Å². The van der Waals surface area contributed by atoms with E-state index in [0.29, 0.717) is 16.7 Å². The first-order valence-electron chi connectivity index (χ1n) is 5.23. The van der Waals surface area contributed by atoms with E-state index in [9.17, 15) is 4.79 Å². The molecule has 2 heterocycles. The van der Waals surface area contributed by atoms with Crippen molar-refractivity contribution in [1.29, 1.82) is 0 Å². The van der Waals surface area contributed by atoms with Crippen molar-refractivity contribution in [2.24, 2.45) is 7.05 Å². The number of rotatable bonds is 1. The van der Waals surface area contributed by atoms with Crippen molar-refractivity contribution in [2.45, 2.75) is 0 Å². The van der Waals surface area contributed by atoms with Gasteiger partial charge in [0, 0.05) is 12.6 Å². The minimum atomic E-state index is -0.165. The molecule has 0 radical (unpaired) electrons. The number of nitrogens with one attached hydrogen (secondary N) is 1. The van der Waals surface area contributed by atoms with Crippen molar-refractivity contribution in [2.75, 3.05) is 0 Å². The van der Waals surface area contributed by atoms with Gasteiger partial charge in [-0.25, -0.2) is 9.67 Å². The molecule has 0 amide bonds. The normalized spacial score (nSPS) is 10.9. The van der Waals surface area contributed by atoms with E-state index < -0.39 is 0 Å². The molecule has 0 fully saturated rings. The molecule has 1 N–H and O–H groups in total. The maximum Gasteiger partial charge on any atom is 0.262 e. The SMILES string of the molecule is Cn1nc(-c2ccccc2)c2c(=O)[nH]cnc21. The molecule has 0 aliphatic carbocycles. The number of fused-ring (bicyclic) bond motifs is 1. The van der Waals surface area contributed by atoms with E-state index in [-0.39, 0.29) is 5.56 Å². The lowest BCUT2D eigenvalue weighted by Crippen LogP contribution is -2.06. The van der Waals surface area contributed by atoms with Crippen molar-refractivity contribution >= 4 is 11.0 Å². The predicted octanol–water partition coefficient (Wildman–Crippen LogP) is 1.32. The van der Waals surface area contributed by atoms with Crippen LogP contribution in [0.5, 0.6) is 0 Å². The summed E-state index contributed by atoms with van der Waals surface area (Å²) >= 11 is 0. The Kier molecular flexibility index (Phi) is 2.04. The van der Waals surface area contributed by atoms with E-state index in [1.807, 2.05) is 30.3 Å². The van der Waals surface area contributed by atoms with Crippen molar-refractivity contribution in [1.82, 2.24) is 19.7 Å². The molecule has 17 heavy (non-hydrogen) atoms. The maximum absolute atomic E-state index is 11.8. The molecule has 0 spiro atoms. The van der Waals surface area contributed by atoms with Gasteiger partial charge in [0.15, 0.2) is 5.65 Å². The quantitative estimate of drug-likeness (QED) is 0.680. The third-order valence-electron chi connectivity index (χ3n) is 2.67. The van der Waals surface area contributed by atoms with Gasteiger partial charge in [0.05, 0.1) is 6.33 Å². The summed E-state index contributed by atoms with van der Waals surface area (Å²) in [6.07, 6.45) is 1.39. The number of hydrogen-bond acceptors (Lipinski definition) is 3. The molecule has 0 bridgehead atoms. The van der Waals surface area contributed by atoms with E-state index in [4.69, 9.17) is 0 Å². The Morgan fingerprint density at radius 3 is 2.76 bits per heavy atom. The summed E-state index contributed by atoms with van der Waals surface area (Å²) in [7, 11) is 1.78. The first kappa shape index (κ1) is 9.77. The van der Waals surface area contributed by atoms with Gasteiger partial charge in [0.1, 0.15) is 11.1 Å². The van der Waals surface area contributed by atoms with E-state index in [2.05, 4.69) is 15.1 Å². The standard InChI is InChI=1S/C12H10N4O/c1-16-11-9(12(17)14-7-13-11)10(15-16)8-5-3-2-4-6-8/h2-7H,1H3,(H,13,14,17). The Balaban J connectivity index is 2.43. The lowest BCUT2D eigenvalue weighted by atomic mass is 10.1. The van der Waals surface area contributed by atoms with Crippen LogP contribution in [-0.4, -0.2) is 19.7 Å². The molecule has 0 unspecified atom stereocenters. The van der Waals surface area contributed by atoms with Gasteiger partial charge in [-0.15, -0.1) is 0 Å². The van der Waals surface area contributed by atoms with E-state index >= 15 is 0 Å². The molecule has 2 aromatic heterocycles. The topological polar surface area (TPSA) is 63.6 Å². The van der Waals surface area contributed by atoms with Gasteiger partial charge in [-0.3, -0.25) is 4.79 Å². The van der Waals surface area contributed by atoms with Crippen LogP contribution in [0.2, 0.25) is 0 Å². The number of nitrogens with zero attached hydrogens (tertiary/aromatic N) is 3. The van der Waals surface area contributed by atoms with Crippen LogP contribution in [0.4, 0.5) is 0 Å².